The van der Waals surface area contributed by atoms with E-state index in [9.17, 15) is 9.18 Å². The maximum atomic E-state index is 12.9. The van der Waals surface area contributed by atoms with Gasteiger partial charge in [-0.2, -0.15) is 0 Å². The number of benzene rings is 2. The fraction of sp³-hybridized carbons (Fsp3) is 0.100. The lowest BCUT2D eigenvalue weighted by Gasteiger charge is -2.03. The summed E-state index contributed by atoms with van der Waals surface area (Å²) in [6, 6.07) is 16.3. The number of halogens is 1. The Kier molecular flexibility index (Phi) is 4.26. The van der Waals surface area contributed by atoms with Crippen molar-refractivity contribution in [2.75, 3.05) is 0 Å². The first kappa shape index (κ1) is 16.5. The monoisotopic (exact) mass is 365 g/mol. The molecule has 0 unspecified atom stereocenters. The SMILES string of the molecule is Cn1c(-c2nc(C(=O)NCc3ccc(F)cc3)cs2)cc2ccccc21. The molecular formula is C20H16FN3OS. The van der Waals surface area contributed by atoms with Gasteiger partial charge in [0, 0.05) is 29.9 Å². The molecule has 0 aliphatic heterocycles. The predicted molar refractivity (Wildman–Crippen MR) is 102 cm³/mol. The smallest absolute Gasteiger partial charge is 0.271 e. The molecule has 130 valence electrons. The van der Waals surface area contributed by atoms with Gasteiger partial charge in [0.1, 0.15) is 16.5 Å². The lowest BCUT2D eigenvalue weighted by Crippen LogP contribution is -2.23. The highest BCUT2D eigenvalue weighted by molar-refractivity contribution is 7.13. The average molecular weight is 365 g/mol. The Labute approximate surface area is 153 Å². The summed E-state index contributed by atoms with van der Waals surface area (Å²) in [4.78, 5) is 16.8. The van der Waals surface area contributed by atoms with Crippen LogP contribution in [0.5, 0.6) is 0 Å². The molecule has 0 aliphatic rings. The minimum atomic E-state index is -0.292. The number of nitrogens with one attached hydrogen (secondary N) is 1. The van der Waals surface area contributed by atoms with Crippen LogP contribution in [0.4, 0.5) is 4.39 Å². The number of hydrogen-bond donors (Lipinski definition) is 1. The van der Waals surface area contributed by atoms with Crippen LogP contribution in [0.2, 0.25) is 0 Å². The molecule has 26 heavy (non-hydrogen) atoms. The van der Waals surface area contributed by atoms with Gasteiger partial charge in [0.2, 0.25) is 0 Å². The van der Waals surface area contributed by atoms with Crippen molar-refractivity contribution < 1.29 is 9.18 Å². The van der Waals surface area contributed by atoms with E-state index in [4.69, 9.17) is 0 Å². The number of fused-ring (bicyclic) bond motifs is 1. The summed E-state index contributed by atoms with van der Waals surface area (Å²) < 4.78 is 15.0. The van der Waals surface area contributed by atoms with Crippen molar-refractivity contribution in [1.82, 2.24) is 14.9 Å². The molecule has 0 fully saturated rings. The van der Waals surface area contributed by atoms with Gasteiger partial charge in [0.05, 0.1) is 5.69 Å². The number of para-hydroxylation sites is 1. The van der Waals surface area contributed by atoms with Crippen molar-refractivity contribution in [2.24, 2.45) is 7.05 Å². The lowest BCUT2D eigenvalue weighted by atomic mass is 10.2. The normalized spacial score (nSPS) is 11.0. The summed E-state index contributed by atoms with van der Waals surface area (Å²) in [7, 11) is 1.99. The largest absolute Gasteiger partial charge is 0.347 e. The van der Waals surface area contributed by atoms with E-state index in [0.717, 1.165) is 27.2 Å². The van der Waals surface area contributed by atoms with E-state index < -0.39 is 0 Å². The van der Waals surface area contributed by atoms with Crippen LogP contribution in [-0.2, 0) is 13.6 Å². The maximum Gasteiger partial charge on any atom is 0.271 e. The molecule has 6 heteroatoms. The average Bonchev–Trinajstić information content (AvgIpc) is 3.26. The zero-order valence-electron chi connectivity index (χ0n) is 14.1. The van der Waals surface area contributed by atoms with Crippen molar-refractivity contribution >= 4 is 28.1 Å². The van der Waals surface area contributed by atoms with Gasteiger partial charge in [0.15, 0.2) is 0 Å². The van der Waals surface area contributed by atoms with Crippen LogP contribution in [0.25, 0.3) is 21.6 Å². The highest BCUT2D eigenvalue weighted by Gasteiger charge is 2.15. The third-order valence-corrected chi connectivity index (χ3v) is 5.14. The quantitative estimate of drug-likeness (QED) is 0.584. The molecular weight excluding hydrogens is 349 g/mol. The number of amides is 1. The van der Waals surface area contributed by atoms with E-state index in [2.05, 4.69) is 33.1 Å². The molecule has 0 bridgehead atoms. The Balaban J connectivity index is 1.52. The van der Waals surface area contributed by atoms with Gasteiger partial charge in [-0.15, -0.1) is 11.3 Å². The van der Waals surface area contributed by atoms with Crippen LogP contribution in [0.3, 0.4) is 0 Å². The zero-order valence-corrected chi connectivity index (χ0v) is 14.9. The first-order valence-corrected chi connectivity index (χ1v) is 9.03. The van der Waals surface area contributed by atoms with Crippen molar-refractivity contribution in [1.29, 1.82) is 0 Å². The summed E-state index contributed by atoms with van der Waals surface area (Å²) in [6.07, 6.45) is 0. The standard InChI is InChI=1S/C20H16FN3OS/c1-24-17-5-3-2-4-14(17)10-18(24)20-23-16(12-26-20)19(25)22-11-13-6-8-15(21)9-7-13/h2-10,12H,11H2,1H3,(H,22,25). The maximum absolute atomic E-state index is 12.9. The topological polar surface area (TPSA) is 46.9 Å². The molecule has 2 aromatic heterocycles. The summed E-state index contributed by atoms with van der Waals surface area (Å²) in [6.45, 7) is 0.333. The molecule has 4 aromatic rings. The number of hydrogen-bond acceptors (Lipinski definition) is 3. The third kappa shape index (κ3) is 3.11. The summed E-state index contributed by atoms with van der Waals surface area (Å²) in [5.41, 5.74) is 3.33. The molecule has 0 atom stereocenters. The second kappa shape index (κ2) is 6.72. The van der Waals surface area contributed by atoms with E-state index >= 15 is 0 Å². The Morgan fingerprint density at radius 3 is 2.73 bits per heavy atom. The van der Waals surface area contributed by atoms with Crippen LogP contribution in [0, 0.1) is 5.82 Å². The molecule has 0 saturated carbocycles. The first-order chi connectivity index (χ1) is 12.6. The molecule has 0 radical (unpaired) electrons. The van der Waals surface area contributed by atoms with Crippen molar-refractivity contribution in [3.8, 4) is 10.7 Å². The van der Waals surface area contributed by atoms with E-state index in [1.54, 1.807) is 17.5 Å². The Hall–Kier alpha value is -2.99. The van der Waals surface area contributed by atoms with Gasteiger partial charge in [-0.25, -0.2) is 9.37 Å². The highest BCUT2D eigenvalue weighted by atomic mass is 32.1. The Morgan fingerprint density at radius 1 is 1.19 bits per heavy atom. The summed E-state index contributed by atoms with van der Waals surface area (Å²) in [5.74, 6) is -0.533. The van der Waals surface area contributed by atoms with Crippen LogP contribution in [-0.4, -0.2) is 15.5 Å². The van der Waals surface area contributed by atoms with Crippen molar-refractivity contribution in [2.45, 2.75) is 6.54 Å². The van der Waals surface area contributed by atoms with Crippen molar-refractivity contribution in [3.63, 3.8) is 0 Å². The van der Waals surface area contributed by atoms with Crippen LogP contribution >= 0.6 is 11.3 Å². The number of carbonyl (C=O) groups is 1. The molecule has 0 saturated heterocycles. The van der Waals surface area contributed by atoms with Gasteiger partial charge in [-0.3, -0.25) is 4.79 Å². The molecule has 0 spiro atoms. The minimum absolute atomic E-state index is 0.240. The number of thiazole rings is 1. The fourth-order valence-electron chi connectivity index (χ4n) is 2.86. The number of nitrogens with zero attached hydrogens (tertiary/aromatic N) is 2. The van der Waals surface area contributed by atoms with E-state index in [0.29, 0.717) is 12.2 Å². The van der Waals surface area contributed by atoms with Gasteiger partial charge in [0.25, 0.3) is 5.91 Å². The summed E-state index contributed by atoms with van der Waals surface area (Å²) >= 11 is 1.44. The van der Waals surface area contributed by atoms with Crippen LogP contribution in [0.15, 0.2) is 60.0 Å². The van der Waals surface area contributed by atoms with Gasteiger partial charge in [-0.1, -0.05) is 30.3 Å². The molecule has 1 amide bonds. The number of aryl methyl sites for hydroxylation is 1. The Bertz CT molecular complexity index is 1080. The molecule has 2 heterocycles. The van der Waals surface area contributed by atoms with Crippen LogP contribution < -0.4 is 5.32 Å². The van der Waals surface area contributed by atoms with Crippen molar-refractivity contribution in [3.05, 3.63) is 77.1 Å². The summed E-state index contributed by atoms with van der Waals surface area (Å²) in [5, 5.41) is 6.52. The molecule has 0 aliphatic carbocycles. The Morgan fingerprint density at radius 2 is 1.96 bits per heavy atom. The number of rotatable bonds is 4. The van der Waals surface area contributed by atoms with Gasteiger partial charge in [-0.05, 0) is 29.8 Å². The fourth-order valence-corrected chi connectivity index (χ4v) is 3.72. The molecule has 4 rings (SSSR count). The van der Waals surface area contributed by atoms with Crippen LogP contribution in [0.1, 0.15) is 16.1 Å². The van der Waals surface area contributed by atoms with Gasteiger partial charge >= 0.3 is 0 Å². The zero-order chi connectivity index (χ0) is 18.1. The van der Waals surface area contributed by atoms with Gasteiger partial charge < -0.3 is 9.88 Å². The lowest BCUT2D eigenvalue weighted by molar-refractivity contribution is 0.0946. The first-order valence-electron chi connectivity index (χ1n) is 8.15. The highest BCUT2D eigenvalue weighted by Crippen LogP contribution is 2.29. The third-order valence-electron chi connectivity index (χ3n) is 4.27. The number of aromatic nitrogens is 2. The minimum Gasteiger partial charge on any atom is -0.347 e. The second-order valence-corrected chi connectivity index (χ2v) is 6.85. The van der Waals surface area contributed by atoms with E-state index in [1.807, 2.05) is 19.2 Å². The number of carbonyl (C=O) groups excluding carboxylic acids is 1. The molecule has 1 N–H and O–H groups in total. The second-order valence-electron chi connectivity index (χ2n) is 5.99. The van der Waals surface area contributed by atoms with E-state index in [1.165, 1.54) is 23.5 Å². The predicted octanol–water partition coefficient (Wildman–Crippen LogP) is 4.37. The molecule has 4 nitrogen and oxygen atoms in total. The van der Waals surface area contributed by atoms with E-state index in [-0.39, 0.29) is 11.7 Å². The molecule has 2 aromatic carbocycles.